The zero-order chi connectivity index (χ0) is 82.4. The average molecular weight is 1680 g/mol. The molecule has 3 aliphatic carbocycles. The van der Waals surface area contributed by atoms with E-state index in [1.54, 1.807) is 36.4 Å². The summed E-state index contributed by atoms with van der Waals surface area (Å²) in [6, 6.07) is 23.1. The topological polar surface area (TPSA) is 467 Å². The number of rotatable bonds is 26. The maximum Gasteiger partial charge on any atom is 0.407 e. The van der Waals surface area contributed by atoms with Gasteiger partial charge in [0.25, 0.3) is 0 Å². The Labute approximate surface area is 681 Å². The number of nitro groups is 3. The third-order valence-electron chi connectivity index (χ3n) is 18.4. The Balaban J connectivity index is 0.000000395. The van der Waals surface area contributed by atoms with Crippen LogP contribution in [0.25, 0.3) is 0 Å². The predicted octanol–water partition coefficient (Wildman–Crippen LogP) is 14.2. The molecule has 2 amide bonds. The first-order chi connectivity index (χ1) is 52.1. The number of aromatic nitrogens is 6. The first-order valence-corrected chi connectivity index (χ1v) is 41.5. The van der Waals surface area contributed by atoms with E-state index in [0.717, 1.165) is 115 Å². The van der Waals surface area contributed by atoms with Crippen LogP contribution in [0, 0.1) is 55.0 Å². The minimum absolute atomic E-state index is 0. The third kappa shape index (κ3) is 35.7. The fraction of sp³-hybridized carbons (Fsp3) is 0.573. The summed E-state index contributed by atoms with van der Waals surface area (Å²) in [6.07, 6.45) is 15.3. The number of hydrogen-bond donors (Lipinski definition) is 9. The van der Waals surface area contributed by atoms with Crippen LogP contribution < -0.4 is 48.7 Å². The van der Waals surface area contributed by atoms with Gasteiger partial charge in [-0.3, -0.25) is 35.2 Å². The number of sulfone groups is 2. The van der Waals surface area contributed by atoms with E-state index < -0.39 is 57.8 Å². The predicted molar refractivity (Wildman–Crippen MR) is 447 cm³/mol. The average Bonchev–Trinajstić information content (AvgIpc) is 0.830. The van der Waals surface area contributed by atoms with Crippen molar-refractivity contribution in [3.8, 4) is 0 Å². The van der Waals surface area contributed by atoms with Gasteiger partial charge in [0.1, 0.15) is 29.8 Å². The molecule has 9 rings (SSSR count). The molecule has 38 heteroatoms. The van der Waals surface area contributed by atoms with Crippen LogP contribution in [0.2, 0.25) is 5.28 Å². The van der Waals surface area contributed by atoms with Crippen LogP contribution in [0.15, 0.2) is 101 Å². The molecule has 3 aromatic carbocycles. The summed E-state index contributed by atoms with van der Waals surface area (Å²) in [7, 11) is -6.80. The molecule has 0 aliphatic heterocycles. The number of halogens is 3. The fourth-order valence-corrected chi connectivity index (χ4v) is 14.7. The number of anilines is 5. The van der Waals surface area contributed by atoms with Crippen molar-refractivity contribution in [2.45, 2.75) is 231 Å². The van der Waals surface area contributed by atoms with Crippen molar-refractivity contribution in [1.29, 1.82) is 0 Å². The molecule has 113 heavy (non-hydrogen) atoms. The monoisotopic (exact) mass is 1680 g/mol. The lowest BCUT2D eigenvalue weighted by Gasteiger charge is -2.30. The summed E-state index contributed by atoms with van der Waals surface area (Å²) in [5.74, 6) is 1.65. The van der Waals surface area contributed by atoms with Crippen molar-refractivity contribution in [3.63, 3.8) is 0 Å². The standard InChI is InChI=1S/C24H34N6O6S.C19H26N6O4S.C16H24ClN5O4.C8H11N.C8H19N.2ClH/c1-24(2,3)36-23(31)28-18-11-9-16(10-12-18)13-25-21-19(30(32)33)15-27-22(29-21)26-14-17-7-5-6-8-20(17)37(4,34)35;1-30(28,29)17-5-3-2-4-14(17)11-22-19-23-12-16(25(26)27)18(24-19)21-10-13-6-8-15(20)9-7-13;1-16(2,3)26-15(23)20-11-6-4-10(5-7-11)8-18-13-12(22(24)25)9-19-14(17)21-13;1-7-4-2-3-5-8(7)6-9;1-6-9(7(2)3)8(4)5;;/h5-8,15-16,18H,9-14H2,1-4H3,(H,28,31)(H2,25,26,27,29);2-5,12-13,15H,6-11,20H2,1H3,(H2,21,22,23,24);9-11H,4-8H2,1-3H3,(H,20,23)(H,18,19,21);2-5H,6,9H2,1H3;7-8H,6H2,1-5H3;2*1H. The number of nitrogens with zero attached hydrogens (tertiary/aromatic N) is 10. The SMILES string of the molecule is CC(C)(C)OC(=O)NC1CCC(CNc2nc(Cl)ncc2[N+](=O)[O-])CC1.CC(C)(C)OC(=O)NC1CCC(CNc2nc(NCc3ccccc3S(C)(=O)=O)ncc2[N+](=O)[O-])CC1.CCN(C(C)C)C(C)C.CS(=O)(=O)c1ccccc1CNc1ncc([N+](=O)[O-])c(NCC2CCC(N)CC2)n1.Cc1ccccc1CN.Cl.Cl. The molecular formula is C75H116Cl3N19O14S2. The van der Waals surface area contributed by atoms with Gasteiger partial charge in [0.2, 0.25) is 34.6 Å². The minimum atomic E-state index is -3.42. The van der Waals surface area contributed by atoms with Gasteiger partial charge in [-0.2, -0.15) is 15.0 Å². The minimum Gasteiger partial charge on any atom is -0.444 e. The molecule has 3 aromatic heterocycles. The highest BCUT2D eigenvalue weighted by Gasteiger charge is 2.30. The van der Waals surface area contributed by atoms with E-state index in [4.69, 9.17) is 32.5 Å². The number of nitrogens with two attached hydrogens (primary N) is 2. The van der Waals surface area contributed by atoms with Crippen LogP contribution in [-0.2, 0) is 48.8 Å². The largest absolute Gasteiger partial charge is 0.444 e. The summed E-state index contributed by atoms with van der Waals surface area (Å²) in [6.45, 7) is 27.9. The van der Waals surface area contributed by atoms with Crippen LogP contribution in [0.3, 0.4) is 0 Å². The van der Waals surface area contributed by atoms with Crippen LogP contribution in [0.4, 0.5) is 56.0 Å². The van der Waals surface area contributed by atoms with Crippen LogP contribution in [0.1, 0.15) is 175 Å². The highest BCUT2D eigenvalue weighted by atomic mass is 35.5. The van der Waals surface area contributed by atoms with E-state index >= 15 is 0 Å². The number of amides is 2. The number of benzene rings is 3. The highest BCUT2D eigenvalue weighted by molar-refractivity contribution is 7.91. The lowest BCUT2D eigenvalue weighted by molar-refractivity contribution is -0.384. The van der Waals surface area contributed by atoms with Crippen LogP contribution in [0.5, 0.6) is 0 Å². The number of carbonyl (C=O) groups excluding carboxylic acids is 2. The van der Waals surface area contributed by atoms with Crippen molar-refractivity contribution in [2.24, 2.45) is 29.2 Å². The van der Waals surface area contributed by atoms with E-state index in [1.165, 1.54) is 23.3 Å². The molecule has 0 spiro atoms. The molecule has 0 atom stereocenters. The Morgan fingerprint density at radius 2 is 0.867 bits per heavy atom. The number of alkyl carbamates (subject to hydrolysis) is 2. The number of aryl methyl sites for hydroxylation is 1. The molecule has 6 aromatic rings. The molecule has 3 heterocycles. The second-order valence-electron chi connectivity index (χ2n) is 30.3. The molecule has 0 bridgehead atoms. The molecule has 0 unspecified atom stereocenters. The number of nitrogens with one attached hydrogen (secondary N) is 7. The smallest absolute Gasteiger partial charge is 0.407 e. The number of hydrogen-bond acceptors (Lipinski definition) is 28. The summed E-state index contributed by atoms with van der Waals surface area (Å²) in [4.78, 5) is 83.0. The van der Waals surface area contributed by atoms with Gasteiger partial charge in [-0.15, -0.1) is 24.8 Å². The Bertz CT molecular complexity index is 4230. The fourth-order valence-electron chi connectivity index (χ4n) is 12.7. The second-order valence-corrected chi connectivity index (χ2v) is 34.6. The molecule has 3 saturated carbocycles. The molecular weight excluding hydrogens is 1560 g/mol. The van der Waals surface area contributed by atoms with Crippen molar-refractivity contribution in [1.82, 2.24) is 45.4 Å². The molecule has 0 saturated heterocycles. The Morgan fingerprint density at radius 3 is 1.17 bits per heavy atom. The van der Waals surface area contributed by atoms with Crippen molar-refractivity contribution < 1.29 is 50.7 Å². The molecule has 11 N–H and O–H groups in total. The lowest BCUT2D eigenvalue weighted by Crippen LogP contribution is -2.41. The van der Waals surface area contributed by atoms with Gasteiger partial charge < -0.3 is 58.2 Å². The highest BCUT2D eigenvalue weighted by Crippen LogP contribution is 2.32. The molecule has 3 fully saturated rings. The third-order valence-corrected chi connectivity index (χ3v) is 20.9. The summed E-state index contributed by atoms with van der Waals surface area (Å²) >= 11 is 5.72. The van der Waals surface area contributed by atoms with Crippen LogP contribution >= 0.6 is 36.4 Å². The Morgan fingerprint density at radius 1 is 0.540 bits per heavy atom. The van der Waals surface area contributed by atoms with Crippen molar-refractivity contribution in [3.05, 3.63) is 149 Å². The Kier molecular flexibility index (Phi) is 41.2. The lowest BCUT2D eigenvalue weighted by atomic mass is 9.86. The molecule has 628 valence electrons. The first-order valence-electron chi connectivity index (χ1n) is 37.3. The van der Waals surface area contributed by atoms with Gasteiger partial charge in [0, 0.05) is 82.0 Å². The summed E-state index contributed by atoms with van der Waals surface area (Å²) < 4.78 is 58.5. The first kappa shape index (κ1) is 98.5. The van der Waals surface area contributed by atoms with Gasteiger partial charge >= 0.3 is 29.2 Å². The maximum absolute atomic E-state index is 12.0. The molecule has 3 aliphatic rings. The molecule has 33 nitrogen and oxygen atoms in total. The summed E-state index contributed by atoms with van der Waals surface area (Å²) in [5.41, 5.74) is 13.3. The zero-order valence-corrected chi connectivity index (χ0v) is 71.1. The number of ether oxygens (including phenoxy) is 2. The van der Waals surface area contributed by atoms with E-state index in [-0.39, 0.29) is 123 Å². The van der Waals surface area contributed by atoms with Gasteiger partial charge in [0.15, 0.2) is 19.7 Å². The molecule has 0 radical (unpaired) electrons. The van der Waals surface area contributed by atoms with Crippen LogP contribution in [-0.4, -0.2) is 159 Å². The Hall–Kier alpha value is -8.71. The van der Waals surface area contributed by atoms with Crippen molar-refractivity contribution in [2.75, 3.05) is 65.3 Å². The maximum atomic E-state index is 12.0. The van der Waals surface area contributed by atoms with Gasteiger partial charge in [-0.05, 0) is 223 Å². The van der Waals surface area contributed by atoms with E-state index in [2.05, 4.69) is 126 Å². The number of carbonyl (C=O) groups is 2. The zero-order valence-electron chi connectivity index (χ0n) is 67.1. The van der Waals surface area contributed by atoms with Crippen molar-refractivity contribution >= 4 is 115 Å². The second kappa shape index (κ2) is 47.2. The van der Waals surface area contributed by atoms with E-state index in [1.807, 2.05) is 53.7 Å². The van der Waals surface area contributed by atoms with Gasteiger partial charge in [-0.25, -0.2) is 41.4 Å². The van der Waals surface area contributed by atoms with Gasteiger partial charge in [0.05, 0.1) is 24.6 Å². The quantitative estimate of drug-likeness (QED) is 0.0138. The van der Waals surface area contributed by atoms with E-state index in [9.17, 15) is 56.8 Å². The van der Waals surface area contributed by atoms with Gasteiger partial charge in [-0.1, -0.05) is 67.6 Å². The van der Waals surface area contributed by atoms with E-state index in [0.29, 0.717) is 61.2 Å². The summed E-state index contributed by atoms with van der Waals surface area (Å²) in [5, 5.41) is 54.7. The normalized spacial score (nSPS) is 17.4.